The summed E-state index contributed by atoms with van der Waals surface area (Å²) in [5.41, 5.74) is 2.31. The standard InChI is InChI=1S/C30H32N2O6/c1-18(2)38-22-13-7-19(8-14-22)27-26(28(33)24-17-23(36-5)15-16-25(24)37-6)29(34)30(35)32(27)21-11-9-20(10-12-21)31(3)4/h7-18,27,33H,1-6H3/b28-26+. The largest absolute Gasteiger partial charge is 0.507 e. The van der Waals surface area contributed by atoms with Crippen LogP contribution in [0.25, 0.3) is 5.76 Å². The predicted molar refractivity (Wildman–Crippen MR) is 147 cm³/mol. The van der Waals surface area contributed by atoms with E-state index in [9.17, 15) is 14.7 Å². The van der Waals surface area contributed by atoms with Crippen molar-refractivity contribution in [3.8, 4) is 17.2 Å². The number of hydrogen-bond acceptors (Lipinski definition) is 7. The van der Waals surface area contributed by atoms with Crippen molar-refractivity contribution < 1.29 is 28.9 Å². The van der Waals surface area contributed by atoms with Gasteiger partial charge >= 0.3 is 0 Å². The molecule has 1 aliphatic rings. The van der Waals surface area contributed by atoms with Gasteiger partial charge in [0.15, 0.2) is 0 Å². The molecule has 0 radical (unpaired) electrons. The van der Waals surface area contributed by atoms with Gasteiger partial charge in [-0.05, 0) is 74.0 Å². The van der Waals surface area contributed by atoms with E-state index in [1.54, 1.807) is 54.6 Å². The molecule has 38 heavy (non-hydrogen) atoms. The van der Waals surface area contributed by atoms with Crippen molar-refractivity contribution in [3.63, 3.8) is 0 Å². The molecule has 198 valence electrons. The molecule has 3 aromatic carbocycles. The number of hydrogen-bond donors (Lipinski definition) is 1. The van der Waals surface area contributed by atoms with Gasteiger partial charge in [-0.1, -0.05) is 12.1 Å². The third kappa shape index (κ3) is 5.02. The average Bonchev–Trinajstić information content (AvgIpc) is 3.18. The number of aliphatic hydroxyl groups is 1. The predicted octanol–water partition coefficient (Wildman–Crippen LogP) is 5.18. The van der Waals surface area contributed by atoms with Crippen LogP contribution in [0.3, 0.4) is 0 Å². The molecule has 1 N–H and O–H groups in total. The van der Waals surface area contributed by atoms with Crippen LogP contribution in [0.4, 0.5) is 11.4 Å². The molecule has 3 aromatic rings. The zero-order valence-corrected chi connectivity index (χ0v) is 22.4. The van der Waals surface area contributed by atoms with Crippen LogP contribution in [0.1, 0.15) is 31.0 Å². The van der Waals surface area contributed by atoms with E-state index < -0.39 is 17.7 Å². The number of ether oxygens (including phenoxy) is 3. The Morgan fingerprint density at radius 2 is 1.53 bits per heavy atom. The Kier molecular flexibility index (Phi) is 7.62. The van der Waals surface area contributed by atoms with Crippen molar-refractivity contribution in [3.05, 3.63) is 83.4 Å². The summed E-state index contributed by atoms with van der Waals surface area (Å²) in [5, 5.41) is 11.5. The first-order valence-corrected chi connectivity index (χ1v) is 12.2. The molecule has 8 heteroatoms. The van der Waals surface area contributed by atoms with Crippen molar-refractivity contribution in [1.29, 1.82) is 0 Å². The number of Topliss-reactive ketones (excluding diaryl/α,β-unsaturated/α-hetero) is 1. The van der Waals surface area contributed by atoms with Crippen molar-refractivity contribution >= 4 is 28.8 Å². The summed E-state index contributed by atoms with van der Waals surface area (Å²) in [4.78, 5) is 30.4. The number of amides is 1. The molecule has 1 amide bonds. The van der Waals surface area contributed by atoms with E-state index in [1.807, 2.05) is 45.0 Å². The third-order valence-corrected chi connectivity index (χ3v) is 6.32. The minimum atomic E-state index is -0.885. The van der Waals surface area contributed by atoms with Gasteiger partial charge < -0.3 is 24.2 Å². The Morgan fingerprint density at radius 3 is 2.08 bits per heavy atom. The fourth-order valence-electron chi connectivity index (χ4n) is 4.47. The first-order valence-electron chi connectivity index (χ1n) is 12.2. The SMILES string of the molecule is COc1ccc(OC)c(/C(O)=C2\C(=O)C(=O)N(c3ccc(N(C)C)cc3)C2c2ccc(OC(C)C)cc2)c1. The number of rotatable bonds is 8. The molecule has 0 aliphatic carbocycles. The second-order valence-corrected chi connectivity index (χ2v) is 9.38. The quantitative estimate of drug-likeness (QED) is 0.251. The first kappa shape index (κ1) is 26.6. The van der Waals surface area contributed by atoms with Crippen LogP contribution in [0, 0.1) is 0 Å². The molecule has 0 bridgehead atoms. The summed E-state index contributed by atoms with van der Waals surface area (Å²) >= 11 is 0. The summed E-state index contributed by atoms with van der Waals surface area (Å²) in [7, 11) is 6.81. The zero-order valence-electron chi connectivity index (χ0n) is 22.4. The van der Waals surface area contributed by atoms with Crippen molar-refractivity contribution in [2.24, 2.45) is 0 Å². The Bertz CT molecular complexity index is 1360. The van der Waals surface area contributed by atoms with Crippen molar-refractivity contribution in [2.45, 2.75) is 26.0 Å². The Balaban J connectivity index is 1.92. The summed E-state index contributed by atoms with van der Waals surface area (Å²) < 4.78 is 16.5. The van der Waals surface area contributed by atoms with E-state index >= 15 is 0 Å². The normalized spacial score (nSPS) is 16.6. The highest BCUT2D eigenvalue weighted by Crippen LogP contribution is 2.44. The van der Waals surface area contributed by atoms with Crippen LogP contribution in [0.15, 0.2) is 72.3 Å². The number of anilines is 2. The van der Waals surface area contributed by atoms with E-state index in [0.29, 0.717) is 28.5 Å². The minimum Gasteiger partial charge on any atom is -0.507 e. The molecule has 4 rings (SSSR count). The lowest BCUT2D eigenvalue weighted by molar-refractivity contribution is -0.132. The summed E-state index contributed by atoms with van der Waals surface area (Å²) in [5.74, 6) is -0.420. The smallest absolute Gasteiger partial charge is 0.300 e. The molecule has 0 saturated carbocycles. The molecule has 1 unspecified atom stereocenters. The Labute approximate surface area is 222 Å². The van der Waals surface area contributed by atoms with E-state index in [-0.39, 0.29) is 23.0 Å². The molecule has 1 atom stereocenters. The highest BCUT2D eigenvalue weighted by molar-refractivity contribution is 6.51. The first-order chi connectivity index (χ1) is 18.2. The maximum atomic E-state index is 13.5. The van der Waals surface area contributed by atoms with E-state index in [2.05, 4.69) is 0 Å². The highest BCUT2D eigenvalue weighted by Gasteiger charge is 2.47. The van der Waals surface area contributed by atoms with Crippen LogP contribution in [0.5, 0.6) is 17.2 Å². The Hall–Kier alpha value is -4.46. The van der Waals surface area contributed by atoms with Gasteiger partial charge in [-0.25, -0.2) is 0 Å². The molecule has 0 spiro atoms. The summed E-state index contributed by atoms with van der Waals surface area (Å²) in [6.45, 7) is 3.86. The number of carbonyl (C=O) groups excluding carboxylic acids is 2. The maximum Gasteiger partial charge on any atom is 0.300 e. The number of aliphatic hydroxyl groups excluding tert-OH is 1. The highest BCUT2D eigenvalue weighted by atomic mass is 16.5. The third-order valence-electron chi connectivity index (χ3n) is 6.32. The van der Waals surface area contributed by atoms with E-state index in [1.165, 1.54) is 19.1 Å². The maximum absolute atomic E-state index is 13.5. The van der Waals surface area contributed by atoms with Gasteiger partial charge in [-0.2, -0.15) is 0 Å². The lowest BCUT2D eigenvalue weighted by atomic mass is 9.94. The Morgan fingerprint density at radius 1 is 0.895 bits per heavy atom. The van der Waals surface area contributed by atoms with E-state index in [4.69, 9.17) is 14.2 Å². The topological polar surface area (TPSA) is 88.5 Å². The number of benzene rings is 3. The van der Waals surface area contributed by atoms with Crippen molar-refractivity contribution in [1.82, 2.24) is 0 Å². The molecule has 8 nitrogen and oxygen atoms in total. The van der Waals surface area contributed by atoms with Gasteiger partial charge in [-0.3, -0.25) is 14.5 Å². The van der Waals surface area contributed by atoms with Crippen LogP contribution >= 0.6 is 0 Å². The molecule has 1 aliphatic heterocycles. The molecule has 1 fully saturated rings. The monoisotopic (exact) mass is 516 g/mol. The fraction of sp³-hybridized carbons (Fsp3) is 0.267. The molecule has 0 aromatic heterocycles. The number of nitrogens with zero attached hydrogens (tertiary/aromatic N) is 2. The van der Waals surface area contributed by atoms with Crippen LogP contribution in [0.2, 0.25) is 0 Å². The number of ketones is 1. The van der Waals surface area contributed by atoms with Crippen LogP contribution < -0.4 is 24.0 Å². The van der Waals surface area contributed by atoms with Gasteiger partial charge in [0.25, 0.3) is 11.7 Å². The van der Waals surface area contributed by atoms with Gasteiger partial charge in [0.1, 0.15) is 23.0 Å². The summed E-state index contributed by atoms with van der Waals surface area (Å²) in [6.07, 6.45) is -0.0118. The van der Waals surface area contributed by atoms with Gasteiger partial charge in [0, 0.05) is 25.5 Å². The van der Waals surface area contributed by atoms with Crippen molar-refractivity contribution in [2.75, 3.05) is 38.1 Å². The van der Waals surface area contributed by atoms with Gasteiger partial charge in [0.05, 0.1) is 37.5 Å². The zero-order chi connectivity index (χ0) is 27.6. The van der Waals surface area contributed by atoms with Crippen LogP contribution in [-0.4, -0.2) is 51.2 Å². The molecular weight excluding hydrogens is 484 g/mol. The molecule has 1 heterocycles. The van der Waals surface area contributed by atoms with Crippen LogP contribution in [-0.2, 0) is 9.59 Å². The summed E-state index contributed by atoms with van der Waals surface area (Å²) in [6, 6.07) is 18.5. The molecular formula is C30H32N2O6. The van der Waals surface area contributed by atoms with E-state index in [0.717, 1.165) is 5.69 Å². The molecule has 1 saturated heterocycles. The minimum absolute atomic E-state index is 0.0118. The number of methoxy groups -OCH3 is 2. The average molecular weight is 517 g/mol. The fourth-order valence-corrected chi connectivity index (χ4v) is 4.47. The lowest BCUT2D eigenvalue weighted by Crippen LogP contribution is -2.29. The van der Waals surface area contributed by atoms with Gasteiger partial charge in [0.2, 0.25) is 0 Å². The van der Waals surface area contributed by atoms with Gasteiger partial charge in [-0.15, -0.1) is 0 Å². The number of carbonyl (C=O) groups is 2. The second-order valence-electron chi connectivity index (χ2n) is 9.38. The second kappa shape index (κ2) is 10.9. The lowest BCUT2D eigenvalue weighted by Gasteiger charge is -2.26.